The molecule has 0 unspecified atom stereocenters. The number of rotatable bonds is 3. The topological polar surface area (TPSA) is 9.23 Å². The second kappa shape index (κ2) is 3.55. The SMILES string of the molecule is C[Si](O[Si](C)(C)C)[Si](C)(C)C. The lowest BCUT2D eigenvalue weighted by atomic mass is 11.8. The molecule has 0 aliphatic rings. The largest absolute Gasteiger partial charge is 0.458 e. The third-order valence-corrected chi connectivity index (χ3v) is 14.6. The van der Waals surface area contributed by atoms with Crippen molar-refractivity contribution in [2.24, 2.45) is 0 Å². The van der Waals surface area contributed by atoms with E-state index in [2.05, 4.69) is 45.8 Å². The maximum Gasteiger partial charge on any atom is 0.178 e. The van der Waals surface area contributed by atoms with Crippen molar-refractivity contribution < 1.29 is 4.12 Å². The summed E-state index contributed by atoms with van der Waals surface area (Å²) in [5.41, 5.74) is 0. The molecule has 67 valence electrons. The minimum absolute atomic E-state index is 0.462. The highest BCUT2D eigenvalue weighted by Crippen LogP contribution is 2.13. The van der Waals surface area contributed by atoms with Crippen LogP contribution < -0.4 is 0 Å². The summed E-state index contributed by atoms with van der Waals surface area (Å²) < 4.78 is 6.10. The molecule has 0 fully saturated rings. The molecule has 0 rings (SSSR count). The Morgan fingerprint density at radius 1 is 0.909 bits per heavy atom. The summed E-state index contributed by atoms with van der Waals surface area (Å²) >= 11 is 0. The molecule has 0 bridgehead atoms. The molecule has 0 aliphatic heterocycles. The van der Waals surface area contributed by atoms with Crippen LogP contribution in [0.1, 0.15) is 0 Å². The molecule has 1 radical (unpaired) electrons. The molecule has 0 heterocycles. The third-order valence-electron chi connectivity index (χ3n) is 1.52. The Balaban J connectivity index is 3.99. The minimum atomic E-state index is -1.25. The first-order valence-corrected chi connectivity index (χ1v) is 14.0. The summed E-state index contributed by atoms with van der Waals surface area (Å²) in [6.45, 7) is 16.4. The van der Waals surface area contributed by atoms with Crippen LogP contribution in [-0.4, -0.2) is 24.5 Å². The van der Waals surface area contributed by atoms with Gasteiger partial charge in [-0.25, -0.2) is 0 Å². The molecule has 0 amide bonds. The van der Waals surface area contributed by atoms with E-state index < -0.39 is 24.5 Å². The lowest BCUT2D eigenvalue weighted by molar-refractivity contribution is 0.592. The highest BCUT2D eigenvalue weighted by atomic mass is 29.2. The minimum Gasteiger partial charge on any atom is -0.458 e. The highest BCUT2D eigenvalue weighted by molar-refractivity contribution is 7.30. The molecule has 11 heavy (non-hydrogen) atoms. The van der Waals surface area contributed by atoms with E-state index in [9.17, 15) is 0 Å². The van der Waals surface area contributed by atoms with Gasteiger partial charge in [0, 0.05) is 0 Å². The fourth-order valence-corrected chi connectivity index (χ4v) is 11.0. The van der Waals surface area contributed by atoms with E-state index in [1.807, 2.05) is 0 Å². The van der Waals surface area contributed by atoms with Gasteiger partial charge in [0.15, 0.2) is 16.9 Å². The van der Waals surface area contributed by atoms with Crippen LogP contribution in [0.2, 0.25) is 45.8 Å². The van der Waals surface area contributed by atoms with E-state index >= 15 is 0 Å². The van der Waals surface area contributed by atoms with E-state index in [4.69, 9.17) is 4.12 Å². The lowest BCUT2D eigenvalue weighted by Gasteiger charge is -2.30. The maximum atomic E-state index is 6.10. The first kappa shape index (κ1) is 11.6. The van der Waals surface area contributed by atoms with Crippen LogP contribution in [0, 0.1) is 0 Å². The molecule has 4 heteroatoms. The molecular weight excluding hydrogens is 184 g/mol. The van der Waals surface area contributed by atoms with Crippen LogP contribution >= 0.6 is 0 Å². The summed E-state index contributed by atoms with van der Waals surface area (Å²) in [7, 11) is -2.67. The Labute approximate surface area is 74.8 Å². The Kier molecular flexibility index (Phi) is 3.75. The zero-order valence-electron chi connectivity index (χ0n) is 8.91. The Morgan fingerprint density at radius 3 is 1.36 bits per heavy atom. The molecule has 0 aromatic carbocycles. The smallest absolute Gasteiger partial charge is 0.178 e. The predicted octanol–water partition coefficient (Wildman–Crippen LogP) is 2.88. The molecule has 0 aromatic rings. The maximum absolute atomic E-state index is 6.10. The van der Waals surface area contributed by atoms with Crippen molar-refractivity contribution in [3.05, 3.63) is 0 Å². The third kappa shape index (κ3) is 5.84. The summed E-state index contributed by atoms with van der Waals surface area (Å²) in [6.07, 6.45) is 0. The van der Waals surface area contributed by atoms with E-state index in [0.29, 0.717) is 0 Å². The monoisotopic (exact) mass is 205 g/mol. The van der Waals surface area contributed by atoms with Crippen molar-refractivity contribution in [2.45, 2.75) is 45.8 Å². The molecule has 0 aromatic heterocycles. The van der Waals surface area contributed by atoms with Gasteiger partial charge >= 0.3 is 0 Å². The molecular formula is C7H21OSi3. The average Bonchev–Trinajstić information content (AvgIpc) is 1.56. The number of hydrogen-bond acceptors (Lipinski definition) is 1. The van der Waals surface area contributed by atoms with Crippen LogP contribution in [-0.2, 0) is 4.12 Å². The molecule has 0 spiro atoms. The van der Waals surface area contributed by atoms with E-state index in [1.165, 1.54) is 0 Å². The van der Waals surface area contributed by atoms with E-state index in [0.717, 1.165) is 0 Å². The normalized spacial score (nSPS) is 14.2. The van der Waals surface area contributed by atoms with Crippen molar-refractivity contribution in [1.82, 2.24) is 0 Å². The van der Waals surface area contributed by atoms with Crippen LogP contribution in [0.25, 0.3) is 0 Å². The van der Waals surface area contributed by atoms with Crippen molar-refractivity contribution in [2.75, 3.05) is 0 Å². The van der Waals surface area contributed by atoms with Gasteiger partial charge in [-0.1, -0.05) is 19.6 Å². The van der Waals surface area contributed by atoms with Crippen LogP contribution in [0.4, 0.5) is 0 Å². The van der Waals surface area contributed by atoms with Crippen LogP contribution in [0.3, 0.4) is 0 Å². The van der Waals surface area contributed by atoms with Crippen molar-refractivity contribution in [1.29, 1.82) is 0 Å². The fourth-order valence-electron chi connectivity index (χ4n) is 0.612. The molecule has 0 aliphatic carbocycles. The quantitative estimate of drug-likeness (QED) is 0.644. The average molecular weight is 206 g/mol. The zero-order chi connectivity index (χ0) is 9.28. The first-order valence-electron chi connectivity index (χ1n) is 4.16. The van der Waals surface area contributed by atoms with Gasteiger partial charge in [0.1, 0.15) is 0 Å². The second-order valence-corrected chi connectivity index (χ2v) is 22.3. The van der Waals surface area contributed by atoms with Gasteiger partial charge < -0.3 is 4.12 Å². The predicted molar refractivity (Wildman–Crippen MR) is 59.4 cm³/mol. The van der Waals surface area contributed by atoms with Gasteiger partial charge in [-0.3, -0.25) is 0 Å². The van der Waals surface area contributed by atoms with E-state index in [-0.39, 0.29) is 0 Å². The molecule has 0 saturated heterocycles. The first-order chi connectivity index (χ1) is 4.63. The summed E-state index contributed by atoms with van der Waals surface area (Å²) in [5.74, 6) is 0. The number of hydrogen-bond donors (Lipinski definition) is 0. The van der Waals surface area contributed by atoms with Gasteiger partial charge in [-0.2, -0.15) is 0 Å². The molecule has 0 N–H and O–H groups in total. The lowest BCUT2D eigenvalue weighted by Crippen LogP contribution is -2.48. The molecule has 1 nitrogen and oxygen atoms in total. The molecule has 0 atom stereocenters. The fraction of sp³-hybridized carbons (Fsp3) is 1.00. The van der Waals surface area contributed by atoms with Crippen LogP contribution in [0.5, 0.6) is 0 Å². The molecule has 0 saturated carbocycles. The van der Waals surface area contributed by atoms with Gasteiger partial charge in [0.05, 0.1) is 7.59 Å². The standard InChI is InChI=1S/C7H21OSi3/c1-9(11(5,6)7)8-10(2,3)4/h1-7H3. The second-order valence-electron chi connectivity index (χ2n) is 5.02. The Morgan fingerprint density at radius 2 is 1.27 bits per heavy atom. The van der Waals surface area contributed by atoms with Crippen LogP contribution in [0.15, 0.2) is 0 Å². The van der Waals surface area contributed by atoms with Gasteiger partial charge in [-0.15, -0.1) is 0 Å². The Bertz CT molecular complexity index is 123. The van der Waals surface area contributed by atoms with Crippen molar-refractivity contribution in [3.8, 4) is 0 Å². The summed E-state index contributed by atoms with van der Waals surface area (Å²) in [4.78, 5) is 0. The highest BCUT2D eigenvalue weighted by Gasteiger charge is 2.30. The summed E-state index contributed by atoms with van der Waals surface area (Å²) in [5, 5.41) is 0. The van der Waals surface area contributed by atoms with Gasteiger partial charge in [0.2, 0.25) is 0 Å². The van der Waals surface area contributed by atoms with Crippen molar-refractivity contribution in [3.63, 3.8) is 0 Å². The zero-order valence-corrected chi connectivity index (χ0v) is 11.9. The summed E-state index contributed by atoms with van der Waals surface area (Å²) in [6, 6.07) is 0. The van der Waals surface area contributed by atoms with Gasteiger partial charge in [-0.05, 0) is 26.2 Å². The Hall–Kier alpha value is 0.611. The van der Waals surface area contributed by atoms with Crippen molar-refractivity contribution >= 4 is 24.5 Å². The van der Waals surface area contributed by atoms with Gasteiger partial charge in [0.25, 0.3) is 0 Å². The van der Waals surface area contributed by atoms with E-state index in [1.54, 1.807) is 0 Å².